The second-order valence-electron chi connectivity index (χ2n) is 5.41. The molecule has 104 valence electrons. The van der Waals surface area contributed by atoms with E-state index >= 15 is 0 Å². The zero-order valence-electron chi connectivity index (χ0n) is 12.5. The molecule has 0 rings (SSSR count). The Morgan fingerprint density at radius 1 is 1.12 bits per heavy atom. The first-order chi connectivity index (χ1) is 8.07. The minimum Gasteiger partial charge on any atom is -0.383 e. The van der Waals surface area contributed by atoms with Crippen LogP contribution in [-0.2, 0) is 4.74 Å². The summed E-state index contributed by atoms with van der Waals surface area (Å²) in [5.41, 5.74) is 0. The van der Waals surface area contributed by atoms with Gasteiger partial charge in [-0.05, 0) is 52.2 Å². The van der Waals surface area contributed by atoms with Gasteiger partial charge in [-0.15, -0.1) is 0 Å². The summed E-state index contributed by atoms with van der Waals surface area (Å²) in [5.74, 6) is 0.795. The molecule has 0 aromatic carbocycles. The molecule has 0 aliphatic heterocycles. The van der Waals surface area contributed by atoms with Crippen LogP contribution in [0.4, 0.5) is 0 Å². The number of rotatable bonds is 11. The first-order valence-electron chi connectivity index (χ1n) is 6.97. The number of nitrogens with zero attached hydrogens (tertiary/aromatic N) is 1. The fourth-order valence-corrected chi connectivity index (χ4v) is 1.99. The molecule has 0 saturated heterocycles. The van der Waals surface area contributed by atoms with Crippen LogP contribution >= 0.6 is 0 Å². The smallest absolute Gasteiger partial charge is 0.0587 e. The molecule has 0 aliphatic rings. The zero-order chi connectivity index (χ0) is 13.1. The lowest BCUT2D eigenvalue weighted by molar-refractivity contribution is 0.198. The predicted molar refractivity (Wildman–Crippen MR) is 75.5 cm³/mol. The van der Waals surface area contributed by atoms with Crippen LogP contribution < -0.4 is 5.32 Å². The van der Waals surface area contributed by atoms with E-state index in [9.17, 15) is 0 Å². The molecule has 0 amide bonds. The SMILES string of the molecule is COCCNCCCCN(C)C(C)CC(C)C. The maximum atomic E-state index is 4.98. The number of ether oxygens (including phenoxy) is 1. The van der Waals surface area contributed by atoms with Crippen molar-refractivity contribution >= 4 is 0 Å². The Kier molecular flexibility index (Phi) is 10.9. The van der Waals surface area contributed by atoms with Crippen LogP contribution in [0.2, 0.25) is 0 Å². The molecule has 1 atom stereocenters. The molecule has 1 N–H and O–H groups in total. The van der Waals surface area contributed by atoms with Gasteiger partial charge in [0, 0.05) is 19.7 Å². The summed E-state index contributed by atoms with van der Waals surface area (Å²) in [6, 6.07) is 0.705. The van der Waals surface area contributed by atoms with Gasteiger partial charge in [0.2, 0.25) is 0 Å². The van der Waals surface area contributed by atoms with Crippen molar-refractivity contribution in [2.75, 3.05) is 40.4 Å². The molecule has 3 heteroatoms. The van der Waals surface area contributed by atoms with Gasteiger partial charge in [0.1, 0.15) is 0 Å². The second kappa shape index (κ2) is 11.0. The van der Waals surface area contributed by atoms with Crippen molar-refractivity contribution in [2.45, 2.75) is 46.1 Å². The molecule has 1 unspecified atom stereocenters. The summed E-state index contributed by atoms with van der Waals surface area (Å²) in [6.07, 6.45) is 3.82. The van der Waals surface area contributed by atoms with E-state index in [1.807, 2.05) is 0 Å². The van der Waals surface area contributed by atoms with Crippen LogP contribution in [0.25, 0.3) is 0 Å². The molecular formula is C14H32N2O. The third kappa shape index (κ3) is 10.7. The predicted octanol–water partition coefficient (Wildman–Crippen LogP) is 2.37. The molecular weight excluding hydrogens is 212 g/mol. The summed E-state index contributed by atoms with van der Waals surface area (Å²) in [7, 11) is 3.98. The van der Waals surface area contributed by atoms with Crippen molar-refractivity contribution in [3.05, 3.63) is 0 Å². The van der Waals surface area contributed by atoms with Gasteiger partial charge in [-0.25, -0.2) is 0 Å². The van der Waals surface area contributed by atoms with Crippen molar-refractivity contribution in [2.24, 2.45) is 5.92 Å². The van der Waals surface area contributed by atoms with Gasteiger partial charge < -0.3 is 15.0 Å². The Labute approximate surface area is 108 Å². The molecule has 0 bridgehead atoms. The van der Waals surface area contributed by atoms with E-state index < -0.39 is 0 Å². The lowest BCUT2D eigenvalue weighted by Gasteiger charge is -2.26. The van der Waals surface area contributed by atoms with Gasteiger partial charge in [0.15, 0.2) is 0 Å². The first-order valence-corrected chi connectivity index (χ1v) is 6.97. The number of nitrogens with one attached hydrogen (secondary N) is 1. The molecule has 0 saturated carbocycles. The molecule has 0 aromatic heterocycles. The second-order valence-corrected chi connectivity index (χ2v) is 5.41. The van der Waals surface area contributed by atoms with E-state index in [0.29, 0.717) is 6.04 Å². The maximum absolute atomic E-state index is 4.98. The monoisotopic (exact) mass is 244 g/mol. The summed E-state index contributed by atoms with van der Waals surface area (Å²) in [6.45, 7) is 11.0. The van der Waals surface area contributed by atoms with Crippen molar-refractivity contribution in [3.8, 4) is 0 Å². The highest BCUT2D eigenvalue weighted by atomic mass is 16.5. The Morgan fingerprint density at radius 2 is 1.82 bits per heavy atom. The summed E-state index contributed by atoms with van der Waals surface area (Å²) < 4.78 is 4.98. The maximum Gasteiger partial charge on any atom is 0.0587 e. The van der Waals surface area contributed by atoms with Crippen molar-refractivity contribution in [1.82, 2.24) is 10.2 Å². The van der Waals surface area contributed by atoms with Gasteiger partial charge in [-0.1, -0.05) is 13.8 Å². The van der Waals surface area contributed by atoms with E-state index in [1.54, 1.807) is 7.11 Å². The van der Waals surface area contributed by atoms with Crippen LogP contribution in [0.1, 0.15) is 40.0 Å². The molecule has 3 nitrogen and oxygen atoms in total. The van der Waals surface area contributed by atoms with E-state index in [0.717, 1.165) is 25.6 Å². The van der Waals surface area contributed by atoms with E-state index in [2.05, 4.69) is 38.0 Å². The average molecular weight is 244 g/mol. The Morgan fingerprint density at radius 3 is 2.41 bits per heavy atom. The number of methoxy groups -OCH3 is 1. The average Bonchev–Trinajstić information content (AvgIpc) is 2.26. The molecule has 17 heavy (non-hydrogen) atoms. The highest BCUT2D eigenvalue weighted by molar-refractivity contribution is 4.65. The van der Waals surface area contributed by atoms with Crippen LogP contribution in [0, 0.1) is 5.92 Å². The van der Waals surface area contributed by atoms with Gasteiger partial charge in [-0.2, -0.15) is 0 Å². The number of hydrogen-bond donors (Lipinski definition) is 1. The van der Waals surface area contributed by atoms with Gasteiger partial charge in [0.25, 0.3) is 0 Å². The summed E-state index contributed by atoms with van der Waals surface area (Å²) in [4.78, 5) is 2.48. The van der Waals surface area contributed by atoms with Gasteiger partial charge in [-0.3, -0.25) is 0 Å². The molecule has 0 heterocycles. The van der Waals surface area contributed by atoms with Crippen molar-refractivity contribution in [1.29, 1.82) is 0 Å². The van der Waals surface area contributed by atoms with Gasteiger partial charge in [0.05, 0.1) is 6.61 Å². The first kappa shape index (κ1) is 16.9. The minimum absolute atomic E-state index is 0.705. The van der Waals surface area contributed by atoms with Crippen LogP contribution in [0.3, 0.4) is 0 Å². The Bertz CT molecular complexity index is 162. The van der Waals surface area contributed by atoms with Gasteiger partial charge >= 0.3 is 0 Å². The summed E-state index contributed by atoms with van der Waals surface area (Å²) in [5, 5.41) is 3.38. The topological polar surface area (TPSA) is 24.5 Å². The van der Waals surface area contributed by atoms with Crippen LogP contribution in [-0.4, -0.2) is 51.3 Å². The van der Waals surface area contributed by atoms with E-state index in [1.165, 1.54) is 25.8 Å². The lowest BCUT2D eigenvalue weighted by Crippen LogP contribution is -2.31. The largest absolute Gasteiger partial charge is 0.383 e. The fraction of sp³-hybridized carbons (Fsp3) is 1.00. The Hall–Kier alpha value is -0.120. The quantitative estimate of drug-likeness (QED) is 0.565. The zero-order valence-corrected chi connectivity index (χ0v) is 12.5. The van der Waals surface area contributed by atoms with Crippen LogP contribution in [0.5, 0.6) is 0 Å². The van der Waals surface area contributed by atoms with E-state index in [-0.39, 0.29) is 0 Å². The molecule has 0 radical (unpaired) electrons. The van der Waals surface area contributed by atoms with Crippen LogP contribution in [0.15, 0.2) is 0 Å². The third-order valence-corrected chi connectivity index (χ3v) is 3.16. The highest BCUT2D eigenvalue weighted by Gasteiger charge is 2.09. The lowest BCUT2D eigenvalue weighted by atomic mass is 10.0. The number of unbranched alkanes of at least 4 members (excludes halogenated alkanes) is 1. The molecule has 0 spiro atoms. The third-order valence-electron chi connectivity index (χ3n) is 3.16. The fourth-order valence-electron chi connectivity index (χ4n) is 1.99. The van der Waals surface area contributed by atoms with Crippen molar-refractivity contribution < 1.29 is 4.74 Å². The Balaban J connectivity index is 3.35. The molecule has 0 fully saturated rings. The van der Waals surface area contributed by atoms with E-state index in [4.69, 9.17) is 4.74 Å². The number of hydrogen-bond acceptors (Lipinski definition) is 3. The van der Waals surface area contributed by atoms with Crippen molar-refractivity contribution in [3.63, 3.8) is 0 Å². The molecule has 0 aliphatic carbocycles. The summed E-state index contributed by atoms with van der Waals surface area (Å²) >= 11 is 0. The normalized spacial score (nSPS) is 13.6. The highest BCUT2D eigenvalue weighted by Crippen LogP contribution is 2.09. The standard InChI is InChI=1S/C14H32N2O/c1-13(2)12-14(3)16(4)10-7-6-8-15-9-11-17-5/h13-15H,6-12H2,1-5H3. The molecule has 0 aromatic rings. The minimum atomic E-state index is 0.705.